The molecule has 0 aliphatic heterocycles. The monoisotopic (exact) mass is 249 g/mol. The van der Waals surface area contributed by atoms with E-state index in [1.807, 2.05) is 24.3 Å². The summed E-state index contributed by atoms with van der Waals surface area (Å²) in [5.41, 5.74) is 4.52. The van der Waals surface area contributed by atoms with E-state index in [2.05, 4.69) is 53.3 Å². The molecule has 0 saturated carbocycles. The molecular weight excluding hydrogens is 234 g/mol. The highest BCUT2D eigenvalue weighted by molar-refractivity contribution is 5.62. The van der Waals surface area contributed by atoms with Crippen molar-refractivity contribution in [2.45, 2.75) is 13.8 Å². The van der Waals surface area contributed by atoms with E-state index in [0.717, 1.165) is 22.8 Å². The second kappa shape index (κ2) is 4.69. The zero-order valence-electron chi connectivity index (χ0n) is 11.0. The number of benzene rings is 2. The van der Waals surface area contributed by atoms with Crippen molar-refractivity contribution in [3.63, 3.8) is 0 Å². The van der Waals surface area contributed by atoms with Gasteiger partial charge in [-0.05, 0) is 26.0 Å². The van der Waals surface area contributed by atoms with Gasteiger partial charge >= 0.3 is 0 Å². The fourth-order valence-electron chi connectivity index (χ4n) is 2.10. The minimum Gasteiger partial charge on any atom is -0.259 e. The maximum atomic E-state index is 4.57. The Kier molecular flexibility index (Phi) is 2.88. The molecule has 0 unspecified atom stereocenters. The highest BCUT2D eigenvalue weighted by atomic mass is 15.2. The first kappa shape index (κ1) is 11.7. The molecule has 0 spiro atoms. The standard InChI is InChI=1S/C16H15N3/c1-11-5-3-7-13(9-11)15-17-16(19-18-15)14-8-4-6-12(2)10-14/h3-10H,1-2H3,(H,17,18,19). The van der Waals surface area contributed by atoms with E-state index in [9.17, 15) is 0 Å². The van der Waals surface area contributed by atoms with Gasteiger partial charge in [-0.25, -0.2) is 4.98 Å². The van der Waals surface area contributed by atoms with Crippen LogP contribution in [0, 0.1) is 13.8 Å². The van der Waals surface area contributed by atoms with Gasteiger partial charge in [0.1, 0.15) is 0 Å². The largest absolute Gasteiger partial charge is 0.259 e. The fraction of sp³-hybridized carbons (Fsp3) is 0.125. The predicted octanol–water partition coefficient (Wildman–Crippen LogP) is 3.76. The van der Waals surface area contributed by atoms with Gasteiger partial charge in [0.05, 0.1) is 0 Å². The molecule has 3 aromatic rings. The van der Waals surface area contributed by atoms with Crippen LogP contribution in [0.25, 0.3) is 22.8 Å². The van der Waals surface area contributed by atoms with Crippen LogP contribution in [0.4, 0.5) is 0 Å². The zero-order valence-corrected chi connectivity index (χ0v) is 11.0. The van der Waals surface area contributed by atoms with Crippen molar-refractivity contribution in [1.82, 2.24) is 15.2 Å². The van der Waals surface area contributed by atoms with Crippen molar-refractivity contribution in [1.29, 1.82) is 0 Å². The van der Waals surface area contributed by atoms with Gasteiger partial charge in [-0.2, -0.15) is 5.10 Å². The molecule has 0 fully saturated rings. The Hall–Kier alpha value is -2.42. The third-order valence-electron chi connectivity index (χ3n) is 3.05. The molecule has 1 N–H and O–H groups in total. The second-order valence-electron chi connectivity index (χ2n) is 4.75. The van der Waals surface area contributed by atoms with Gasteiger partial charge in [0, 0.05) is 11.1 Å². The summed E-state index contributed by atoms with van der Waals surface area (Å²) in [7, 11) is 0. The summed E-state index contributed by atoms with van der Waals surface area (Å²) in [4.78, 5) is 4.57. The van der Waals surface area contributed by atoms with Crippen LogP contribution in [0.3, 0.4) is 0 Å². The Balaban J connectivity index is 2.00. The first-order chi connectivity index (χ1) is 9.22. The average Bonchev–Trinajstić information content (AvgIpc) is 2.88. The highest BCUT2D eigenvalue weighted by Crippen LogP contribution is 2.21. The van der Waals surface area contributed by atoms with Crippen molar-refractivity contribution >= 4 is 0 Å². The van der Waals surface area contributed by atoms with Crippen LogP contribution in [-0.2, 0) is 0 Å². The molecule has 3 nitrogen and oxygen atoms in total. The molecule has 2 aromatic carbocycles. The van der Waals surface area contributed by atoms with Crippen LogP contribution in [0.2, 0.25) is 0 Å². The van der Waals surface area contributed by atoms with Crippen LogP contribution >= 0.6 is 0 Å². The van der Waals surface area contributed by atoms with Gasteiger partial charge < -0.3 is 0 Å². The molecule has 0 amide bonds. The number of aromatic nitrogens is 3. The average molecular weight is 249 g/mol. The molecule has 3 heteroatoms. The smallest absolute Gasteiger partial charge is 0.181 e. The Morgan fingerprint density at radius 3 is 2.16 bits per heavy atom. The summed E-state index contributed by atoms with van der Waals surface area (Å²) in [6, 6.07) is 16.4. The van der Waals surface area contributed by atoms with Crippen LogP contribution in [-0.4, -0.2) is 15.2 Å². The molecule has 1 heterocycles. The Morgan fingerprint density at radius 2 is 1.47 bits per heavy atom. The summed E-state index contributed by atoms with van der Waals surface area (Å²) >= 11 is 0. The molecule has 0 atom stereocenters. The highest BCUT2D eigenvalue weighted by Gasteiger charge is 2.07. The van der Waals surface area contributed by atoms with E-state index < -0.39 is 0 Å². The van der Waals surface area contributed by atoms with Gasteiger partial charge in [-0.1, -0.05) is 47.5 Å². The summed E-state index contributed by atoms with van der Waals surface area (Å²) in [5, 5.41) is 7.30. The fourth-order valence-corrected chi connectivity index (χ4v) is 2.10. The number of aryl methyl sites for hydroxylation is 2. The first-order valence-electron chi connectivity index (χ1n) is 6.29. The topological polar surface area (TPSA) is 41.6 Å². The molecule has 0 saturated heterocycles. The first-order valence-corrected chi connectivity index (χ1v) is 6.29. The summed E-state index contributed by atoms with van der Waals surface area (Å²) < 4.78 is 0. The van der Waals surface area contributed by atoms with E-state index in [1.165, 1.54) is 11.1 Å². The number of rotatable bonds is 2. The number of H-pyrrole nitrogens is 1. The summed E-state index contributed by atoms with van der Waals surface area (Å²) in [6.45, 7) is 4.14. The number of aromatic amines is 1. The molecule has 19 heavy (non-hydrogen) atoms. The lowest BCUT2D eigenvalue weighted by atomic mass is 10.1. The molecule has 0 bridgehead atoms. The van der Waals surface area contributed by atoms with Gasteiger partial charge in [-0.3, -0.25) is 5.10 Å². The van der Waals surface area contributed by atoms with Gasteiger partial charge in [-0.15, -0.1) is 0 Å². The molecule has 0 aliphatic carbocycles. The lowest BCUT2D eigenvalue weighted by Crippen LogP contribution is -1.83. The van der Waals surface area contributed by atoms with Crippen LogP contribution in [0.1, 0.15) is 11.1 Å². The Morgan fingerprint density at radius 1 is 0.842 bits per heavy atom. The molecular formula is C16H15N3. The minimum atomic E-state index is 0.736. The summed E-state index contributed by atoms with van der Waals surface area (Å²) in [5.74, 6) is 1.54. The van der Waals surface area contributed by atoms with Crippen LogP contribution in [0.15, 0.2) is 48.5 Å². The maximum absolute atomic E-state index is 4.57. The van der Waals surface area contributed by atoms with Gasteiger partial charge in [0.2, 0.25) is 0 Å². The van der Waals surface area contributed by atoms with Crippen molar-refractivity contribution < 1.29 is 0 Å². The number of hydrogen-bond donors (Lipinski definition) is 1. The third-order valence-corrected chi connectivity index (χ3v) is 3.05. The van der Waals surface area contributed by atoms with Crippen LogP contribution < -0.4 is 0 Å². The quantitative estimate of drug-likeness (QED) is 0.751. The van der Waals surface area contributed by atoms with Gasteiger partial charge in [0.15, 0.2) is 11.6 Å². The zero-order chi connectivity index (χ0) is 13.2. The Bertz CT molecular complexity index is 653. The van der Waals surface area contributed by atoms with E-state index in [1.54, 1.807) is 0 Å². The molecule has 3 rings (SSSR count). The van der Waals surface area contributed by atoms with Crippen molar-refractivity contribution in [2.24, 2.45) is 0 Å². The van der Waals surface area contributed by atoms with E-state index >= 15 is 0 Å². The number of nitrogens with one attached hydrogen (secondary N) is 1. The minimum absolute atomic E-state index is 0.736. The summed E-state index contributed by atoms with van der Waals surface area (Å²) in [6.07, 6.45) is 0. The van der Waals surface area contributed by atoms with E-state index in [-0.39, 0.29) is 0 Å². The van der Waals surface area contributed by atoms with E-state index in [0.29, 0.717) is 0 Å². The molecule has 0 aliphatic rings. The Labute approximate surface area is 112 Å². The SMILES string of the molecule is Cc1cccc(-c2n[nH]c(-c3cccc(C)c3)n2)c1. The second-order valence-corrected chi connectivity index (χ2v) is 4.75. The molecule has 1 aromatic heterocycles. The van der Waals surface area contributed by atoms with Crippen LogP contribution in [0.5, 0.6) is 0 Å². The molecule has 94 valence electrons. The lowest BCUT2D eigenvalue weighted by Gasteiger charge is -1.97. The van der Waals surface area contributed by atoms with Crippen molar-refractivity contribution in [3.05, 3.63) is 59.7 Å². The van der Waals surface area contributed by atoms with Crippen molar-refractivity contribution in [2.75, 3.05) is 0 Å². The number of nitrogens with zero attached hydrogens (tertiary/aromatic N) is 2. The predicted molar refractivity (Wildman–Crippen MR) is 76.7 cm³/mol. The normalized spacial score (nSPS) is 10.6. The maximum Gasteiger partial charge on any atom is 0.181 e. The van der Waals surface area contributed by atoms with Gasteiger partial charge in [0.25, 0.3) is 0 Å². The van der Waals surface area contributed by atoms with Crippen molar-refractivity contribution in [3.8, 4) is 22.8 Å². The van der Waals surface area contributed by atoms with E-state index in [4.69, 9.17) is 0 Å². The third kappa shape index (κ3) is 2.40. The lowest BCUT2D eigenvalue weighted by molar-refractivity contribution is 1.10. The number of hydrogen-bond acceptors (Lipinski definition) is 2. The molecule has 0 radical (unpaired) electrons.